The zero-order valence-electron chi connectivity index (χ0n) is 14.4. The van der Waals surface area contributed by atoms with Gasteiger partial charge in [0.15, 0.2) is 0 Å². The second-order valence-electron chi connectivity index (χ2n) is 6.35. The fourth-order valence-corrected chi connectivity index (χ4v) is 3.54. The van der Waals surface area contributed by atoms with Gasteiger partial charge in [-0.1, -0.05) is 30.3 Å². The normalized spacial score (nSPS) is 19.2. The van der Waals surface area contributed by atoms with Gasteiger partial charge in [-0.25, -0.2) is 0 Å². The summed E-state index contributed by atoms with van der Waals surface area (Å²) in [6.45, 7) is 7.00. The molecule has 0 saturated carbocycles. The van der Waals surface area contributed by atoms with Crippen LogP contribution in [0.5, 0.6) is 0 Å². The molecule has 1 aliphatic heterocycles. The van der Waals surface area contributed by atoms with Crippen LogP contribution in [-0.4, -0.2) is 46.4 Å². The molecule has 24 heavy (non-hydrogen) atoms. The van der Waals surface area contributed by atoms with Gasteiger partial charge in [-0.05, 0) is 38.0 Å². The second-order valence-corrected chi connectivity index (χ2v) is 6.35. The zero-order chi connectivity index (χ0) is 16.9. The average Bonchev–Trinajstić information content (AvgIpc) is 3.13. The van der Waals surface area contributed by atoms with E-state index in [0.717, 1.165) is 31.6 Å². The molecule has 1 aliphatic rings. The summed E-state index contributed by atoms with van der Waals surface area (Å²) in [5.41, 5.74) is 2.06. The molecule has 3 rings (SSSR count). The SMILES string of the molecule is CCN(C(=O)c1ccncc1)C1CCN(C(C)c2ccccc2)C1. The van der Waals surface area contributed by atoms with E-state index in [2.05, 4.69) is 54.1 Å². The molecule has 1 fully saturated rings. The molecule has 1 saturated heterocycles. The summed E-state index contributed by atoms with van der Waals surface area (Å²) in [4.78, 5) is 21.3. The molecule has 1 aromatic heterocycles. The van der Waals surface area contributed by atoms with Crippen LogP contribution in [0.4, 0.5) is 0 Å². The lowest BCUT2D eigenvalue weighted by Crippen LogP contribution is -2.42. The third kappa shape index (κ3) is 3.49. The summed E-state index contributed by atoms with van der Waals surface area (Å²) in [6.07, 6.45) is 4.39. The summed E-state index contributed by atoms with van der Waals surface area (Å²) in [5, 5.41) is 0. The lowest BCUT2D eigenvalue weighted by Gasteiger charge is -2.30. The number of carbonyl (C=O) groups excluding carboxylic acids is 1. The minimum absolute atomic E-state index is 0.110. The minimum atomic E-state index is 0.110. The standard InChI is InChI=1S/C20H25N3O/c1-3-23(20(24)18-9-12-21-13-10-18)19-11-14-22(15-19)16(2)17-7-5-4-6-8-17/h4-10,12-13,16,19H,3,11,14-15H2,1-2H3. The number of carbonyl (C=O) groups is 1. The maximum absolute atomic E-state index is 12.8. The molecular weight excluding hydrogens is 298 g/mol. The van der Waals surface area contributed by atoms with E-state index in [4.69, 9.17) is 0 Å². The molecule has 0 N–H and O–H groups in total. The first kappa shape index (κ1) is 16.7. The number of pyridine rings is 1. The van der Waals surface area contributed by atoms with E-state index in [9.17, 15) is 4.79 Å². The number of hydrogen-bond donors (Lipinski definition) is 0. The molecule has 0 radical (unpaired) electrons. The molecule has 0 bridgehead atoms. The first-order valence-corrected chi connectivity index (χ1v) is 8.70. The Bertz CT molecular complexity index is 659. The van der Waals surface area contributed by atoms with E-state index in [1.165, 1.54) is 5.56 Å². The smallest absolute Gasteiger partial charge is 0.254 e. The highest BCUT2D eigenvalue weighted by molar-refractivity contribution is 5.94. The van der Waals surface area contributed by atoms with Crippen molar-refractivity contribution in [1.82, 2.24) is 14.8 Å². The number of likely N-dealkylation sites (N-methyl/N-ethyl adjacent to an activating group) is 1. The fourth-order valence-electron chi connectivity index (χ4n) is 3.54. The Morgan fingerprint density at radius 3 is 2.62 bits per heavy atom. The van der Waals surface area contributed by atoms with E-state index in [1.807, 2.05) is 4.90 Å². The number of aromatic nitrogens is 1. The van der Waals surface area contributed by atoms with Crippen molar-refractivity contribution in [2.75, 3.05) is 19.6 Å². The molecule has 0 spiro atoms. The Balaban J connectivity index is 1.68. The largest absolute Gasteiger partial charge is 0.335 e. The minimum Gasteiger partial charge on any atom is -0.335 e. The third-order valence-corrected chi connectivity index (χ3v) is 4.99. The lowest BCUT2D eigenvalue weighted by atomic mass is 10.1. The van der Waals surface area contributed by atoms with E-state index in [1.54, 1.807) is 24.5 Å². The van der Waals surface area contributed by atoms with Crippen LogP contribution in [0.1, 0.15) is 42.2 Å². The van der Waals surface area contributed by atoms with Gasteiger partial charge in [-0.2, -0.15) is 0 Å². The predicted molar refractivity (Wildman–Crippen MR) is 95.8 cm³/mol. The highest BCUT2D eigenvalue weighted by Gasteiger charge is 2.32. The van der Waals surface area contributed by atoms with Crippen LogP contribution in [0.3, 0.4) is 0 Å². The maximum atomic E-state index is 12.8. The van der Waals surface area contributed by atoms with Crippen molar-refractivity contribution >= 4 is 5.91 Å². The zero-order valence-corrected chi connectivity index (χ0v) is 14.4. The Labute approximate surface area is 144 Å². The van der Waals surface area contributed by atoms with Crippen molar-refractivity contribution in [3.63, 3.8) is 0 Å². The number of hydrogen-bond acceptors (Lipinski definition) is 3. The number of rotatable bonds is 5. The Kier molecular flexibility index (Phi) is 5.26. The van der Waals surface area contributed by atoms with Gasteiger partial charge >= 0.3 is 0 Å². The molecule has 2 aromatic rings. The molecule has 126 valence electrons. The summed E-state index contributed by atoms with van der Waals surface area (Å²) in [5.74, 6) is 0.110. The topological polar surface area (TPSA) is 36.4 Å². The van der Waals surface area contributed by atoms with Gasteiger partial charge in [0.1, 0.15) is 0 Å². The van der Waals surface area contributed by atoms with Gasteiger partial charge in [0.25, 0.3) is 5.91 Å². The van der Waals surface area contributed by atoms with E-state index >= 15 is 0 Å². The molecule has 4 nitrogen and oxygen atoms in total. The van der Waals surface area contributed by atoms with Crippen LogP contribution >= 0.6 is 0 Å². The second kappa shape index (κ2) is 7.58. The van der Waals surface area contributed by atoms with Crippen molar-refractivity contribution in [3.8, 4) is 0 Å². The fraction of sp³-hybridized carbons (Fsp3) is 0.400. The van der Waals surface area contributed by atoms with Crippen LogP contribution in [0, 0.1) is 0 Å². The Hall–Kier alpha value is -2.20. The molecule has 2 heterocycles. The van der Waals surface area contributed by atoms with Gasteiger partial charge in [0, 0.05) is 49.7 Å². The average molecular weight is 323 g/mol. The van der Waals surface area contributed by atoms with E-state index in [0.29, 0.717) is 6.04 Å². The molecule has 1 aromatic carbocycles. The summed E-state index contributed by atoms with van der Waals surface area (Å²) in [6, 6.07) is 14.8. The highest BCUT2D eigenvalue weighted by Crippen LogP contribution is 2.27. The van der Waals surface area contributed by atoms with Crippen molar-refractivity contribution in [2.24, 2.45) is 0 Å². The number of nitrogens with zero attached hydrogens (tertiary/aromatic N) is 3. The van der Waals surface area contributed by atoms with E-state index in [-0.39, 0.29) is 11.9 Å². The van der Waals surface area contributed by atoms with Gasteiger partial charge in [0.05, 0.1) is 0 Å². The van der Waals surface area contributed by atoms with Gasteiger partial charge in [-0.3, -0.25) is 14.7 Å². The molecule has 2 atom stereocenters. The van der Waals surface area contributed by atoms with Crippen molar-refractivity contribution in [3.05, 3.63) is 66.0 Å². The maximum Gasteiger partial charge on any atom is 0.254 e. The first-order valence-electron chi connectivity index (χ1n) is 8.70. The number of benzene rings is 1. The summed E-state index contributed by atoms with van der Waals surface area (Å²) in [7, 11) is 0. The van der Waals surface area contributed by atoms with Gasteiger partial charge < -0.3 is 4.90 Å². The summed E-state index contributed by atoms with van der Waals surface area (Å²) < 4.78 is 0. The molecule has 2 unspecified atom stereocenters. The van der Waals surface area contributed by atoms with Crippen LogP contribution in [-0.2, 0) is 0 Å². The van der Waals surface area contributed by atoms with Crippen molar-refractivity contribution in [1.29, 1.82) is 0 Å². The predicted octanol–water partition coefficient (Wildman–Crippen LogP) is 3.38. The quantitative estimate of drug-likeness (QED) is 0.846. The van der Waals surface area contributed by atoms with Crippen LogP contribution in [0.15, 0.2) is 54.9 Å². The van der Waals surface area contributed by atoms with Crippen molar-refractivity contribution in [2.45, 2.75) is 32.4 Å². The number of amides is 1. The van der Waals surface area contributed by atoms with Gasteiger partial charge in [-0.15, -0.1) is 0 Å². The molecule has 1 amide bonds. The molecule has 4 heteroatoms. The Morgan fingerprint density at radius 1 is 1.25 bits per heavy atom. The molecule has 0 aliphatic carbocycles. The number of likely N-dealkylation sites (tertiary alicyclic amines) is 1. The van der Waals surface area contributed by atoms with Gasteiger partial charge in [0.2, 0.25) is 0 Å². The lowest BCUT2D eigenvalue weighted by molar-refractivity contribution is 0.0689. The monoisotopic (exact) mass is 323 g/mol. The van der Waals surface area contributed by atoms with E-state index < -0.39 is 0 Å². The highest BCUT2D eigenvalue weighted by atomic mass is 16.2. The molecular formula is C20H25N3O. The van der Waals surface area contributed by atoms with Crippen LogP contribution in [0.25, 0.3) is 0 Å². The third-order valence-electron chi connectivity index (χ3n) is 4.99. The van der Waals surface area contributed by atoms with Crippen molar-refractivity contribution < 1.29 is 4.79 Å². The van der Waals surface area contributed by atoms with Crippen LogP contribution in [0.2, 0.25) is 0 Å². The Morgan fingerprint density at radius 2 is 1.96 bits per heavy atom. The van der Waals surface area contributed by atoms with Crippen LogP contribution < -0.4 is 0 Å². The first-order chi connectivity index (χ1) is 11.7. The summed E-state index contributed by atoms with van der Waals surface area (Å²) >= 11 is 0.